The van der Waals surface area contributed by atoms with Gasteiger partial charge in [-0.05, 0) is 30.0 Å². The smallest absolute Gasteiger partial charge is 0.122 e. The van der Waals surface area contributed by atoms with E-state index in [4.69, 9.17) is 15.9 Å². The maximum absolute atomic E-state index is 7.33. The van der Waals surface area contributed by atoms with E-state index in [2.05, 4.69) is 32.0 Å². The summed E-state index contributed by atoms with van der Waals surface area (Å²) in [5.74, 6) is 1.51. The van der Waals surface area contributed by atoms with Gasteiger partial charge in [0.25, 0.3) is 0 Å². The van der Waals surface area contributed by atoms with Crippen LogP contribution in [0.15, 0.2) is 18.2 Å². The highest BCUT2D eigenvalue weighted by molar-refractivity contribution is 5.79. The lowest BCUT2D eigenvalue weighted by Gasteiger charge is -2.15. The van der Waals surface area contributed by atoms with Crippen molar-refractivity contribution in [3.8, 4) is 5.75 Å². The van der Waals surface area contributed by atoms with Gasteiger partial charge in [0.15, 0.2) is 0 Å². The van der Waals surface area contributed by atoms with Gasteiger partial charge >= 0.3 is 0 Å². The minimum atomic E-state index is -0.0443. The first kappa shape index (κ1) is 13.6. The van der Waals surface area contributed by atoms with E-state index in [0.29, 0.717) is 12.5 Å². The van der Waals surface area contributed by atoms with E-state index >= 15 is 0 Å². The third-order valence-corrected chi connectivity index (χ3v) is 2.90. The number of hydrogen-bond donors (Lipinski definition) is 2. The molecule has 3 heteroatoms. The van der Waals surface area contributed by atoms with Crippen molar-refractivity contribution in [2.45, 2.75) is 33.6 Å². The monoisotopic (exact) mass is 234 g/mol. The predicted octanol–water partition coefficient (Wildman–Crippen LogP) is 3.07. The molecule has 0 aliphatic heterocycles. The Hall–Kier alpha value is -1.51. The van der Waals surface area contributed by atoms with Crippen LogP contribution in [0.3, 0.4) is 0 Å². The first-order chi connectivity index (χ1) is 7.91. The lowest BCUT2D eigenvalue weighted by molar-refractivity contribution is 0.289. The van der Waals surface area contributed by atoms with Crippen molar-refractivity contribution in [2.24, 2.45) is 11.7 Å². The number of rotatable bonds is 5. The summed E-state index contributed by atoms with van der Waals surface area (Å²) < 4.78 is 5.73. The lowest BCUT2D eigenvalue weighted by atomic mass is 10.0. The Morgan fingerprint density at radius 1 is 1.35 bits per heavy atom. The number of benzene rings is 1. The Morgan fingerprint density at radius 2 is 2.00 bits per heavy atom. The molecule has 0 saturated heterocycles. The maximum atomic E-state index is 7.33. The van der Waals surface area contributed by atoms with Crippen LogP contribution in [-0.4, -0.2) is 12.4 Å². The van der Waals surface area contributed by atoms with Crippen molar-refractivity contribution in [1.82, 2.24) is 0 Å². The Labute approximate surface area is 103 Å². The summed E-state index contributed by atoms with van der Waals surface area (Å²) in [5, 5.41) is 7.33. The fraction of sp³-hybridized carbons (Fsp3) is 0.500. The van der Waals surface area contributed by atoms with Gasteiger partial charge in [0.1, 0.15) is 5.75 Å². The number of nitrogens with one attached hydrogen (secondary N) is 1. The second-order valence-corrected chi connectivity index (χ2v) is 4.85. The lowest BCUT2D eigenvalue weighted by Crippen LogP contribution is -2.25. The fourth-order valence-electron chi connectivity index (χ4n) is 1.44. The second-order valence-electron chi connectivity index (χ2n) is 4.85. The van der Waals surface area contributed by atoms with Crippen molar-refractivity contribution in [3.05, 3.63) is 29.3 Å². The van der Waals surface area contributed by atoms with E-state index in [0.717, 1.165) is 11.3 Å². The van der Waals surface area contributed by atoms with Crippen molar-refractivity contribution >= 4 is 5.84 Å². The molecule has 17 heavy (non-hydrogen) atoms. The summed E-state index contributed by atoms with van der Waals surface area (Å²) >= 11 is 0. The van der Waals surface area contributed by atoms with Crippen molar-refractivity contribution < 1.29 is 4.74 Å². The minimum Gasteiger partial charge on any atom is -0.493 e. The van der Waals surface area contributed by atoms with E-state index in [-0.39, 0.29) is 11.8 Å². The molecule has 0 amide bonds. The van der Waals surface area contributed by atoms with Crippen LogP contribution in [0.25, 0.3) is 0 Å². The van der Waals surface area contributed by atoms with Gasteiger partial charge in [0.2, 0.25) is 0 Å². The summed E-state index contributed by atoms with van der Waals surface area (Å²) in [6.45, 7) is 8.69. The predicted molar refractivity (Wildman–Crippen MR) is 71.8 cm³/mol. The third kappa shape index (κ3) is 3.77. The van der Waals surface area contributed by atoms with Crippen LogP contribution in [0.2, 0.25) is 0 Å². The molecule has 0 aliphatic carbocycles. The molecule has 1 unspecified atom stereocenters. The molecule has 1 aromatic carbocycles. The zero-order valence-electron chi connectivity index (χ0n) is 11.1. The molecule has 0 bridgehead atoms. The van der Waals surface area contributed by atoms with Gasteiger partial charge in [-0.1, -0.05) is 32.9 Å². The Balaban J connectivity index is 2.76. The minimum absolute atomic E-state index is 0.0443. The summed E-state index contributed by atoms with van der Waals surface area (Å²) in [7, 11) is 0. The number of hydrogen-bond acceptors (Lipinski definition) is 2. The molecule has 0 heterocycles. The molecule has 1 rings (SSSR count). The van der Waals surface area contributed by atoms with Gasteiger partial charge in [-0.15, -0.1) is 0 Å². The molecule has 1 aromatic rings. The van der Waals surface area contributed by atoms with E-state index in [1.165, 1.54) is 5.56 Å². The van der Waals surface area contributed by atoms with Crippen LogP contribution in [0.1, 0.15) is 37.8 Å². The van der Waals surface area contributed by atoms with Crippen LogP contribution in [0, 0.1) is 18.3 Å². The van der Waals surface area contributed by atoms with Crippen molar-refractivity contribution in [2.75, 3.05) is 6.61 Å². The van der Waals surface area contributed by atoms with Crippen LogP contribution in [-0.2, 0) is 0 Å². The second kappa shape index (κ2) is 5.71. The molecule has 1 atom stereocenters. The summed E-state index contributed by atoms with van der Waals surface area (Å²) in [5.41, 5.74) is 7.80. The number of amidine groups is 1. The van der Waals surface area contributed by atoms with Crippen LogP contribution in [0.4, 0.5) is 0 Å². The van der Waals surface area contributed by atoms with E-state index in [1.807, 2.05) is 13.8 Å². The molecule has 0 spiro atoms. The topological polar surface area (TPSA) is 59.1 Å². The first-order valence-electron chi connectivity index (χ1n) is 5.99. The summed E-state index contributed by atoms with van der Waals surface area (Å²) in [6.07, 6.45) is 0. The molecule has 0 aliphatic rings. The molecule has 0 radical (unpaired) electrons. The zero-order chi connectivity index (χ0) is 13.0. The van der Waals surface area contributed by atoms with E-state index in [1.54, 1.807) is 0 Å². The van der Waals surface area contributed by atoms with Crippen LogP contribution >= 0.6 is 0 Å². The number of aryl methyl sites for hydroxylation is 1. The Kier molecular flexibility index (Phi) is 4.55. The zero-order valence-corrected chi connectivity index (χ0v) is 11.1. The molecule has 0 fully saturated rings. The highest BCUT2D eigenvalue weighted by Gasteiger charge is 2.09. The number of ether oxygens (including phenoxy) is 1. The molecule has 3 N–H and O–H groups in total. The Morgan fingerprint density at radius 3 is 2.53 bits per heavy atom. The van der Waals surface area contributed by atoms with Crippen LogP contribution < -0.4 is 10.5 Å². The van der Waals surface area contributed by atoms with Crippen molar-refractivity contribution in [1.29, 1.82) is 5.41 Å². The molecule has 0 aromatic heterocycles. The molecule has 0 saturated carbocycles. The van der Waals surface area contributed by atoms with Gasteiger partial charge in [-0.2, -0.15) is 0 Å². The standard InChI is InChI=1S/C14H22N2O/c1-9(2)12-6-5-10(3)13(7-12)17-8-11(4)14(15)16/h5-7,9,11H,8H2,1-4H3,(H3,15,16). The fourth-order valence-corrected chi connectivity index (χ4v) is 1.44. The van der Waals surface area contributed by atoms with Gasteiger partial charge in [0.05, 0.1) is 12.4 Å². The highest BCUT2D eigenvalue weighted by atomic mass is 16.5. The average Bonchev–Trinajstić information content (AvgIpc) is 2.26. The molecular formula is C14H22N2O. The van der Waals surface area contributed by atoms with Gasteiger partial charge in [-0.25, -0.2) is 0 Å². The average molecular weight is 234 g/mol. The third-order valence-electron chi connectivity index (χ3n) is 2.90. The SMILES string of the molecule is Cc1ccc(C(C)C)cc1OCC(C)C(=N)N. The Bertz CT molecular complexity index is 399. The van der Waals surface area contributed by atoms with Gasteiger partial charge in [-0.3, -0.25) is 5.41 Å². The van der Waals surface area contributed by atoms with Crippen LogP contribution in [0.5, 0.6) is 5.75 Å². The summed E-state index contributed by atoms with van der Waals surface area (Å²) in [6, 6.07) is 6.28. The van der Waals surface area contributed by atoms with Gasteiger partial charge < -0.3 is 10.5 Å². The van der Waals surface area contributed by atoms with E-state index < -0.39 is 0 Å². The maximum Gasteiger partial charge on any atom is 0.122 e. The summed E-state index contributed by atoms with van der Waals surface area (Å²) in [4.78, 5) is 0. The molecule has 94 valence electrons. The van der Waals surface area contributed by atoms with Gasteiger partial charge in [0, 0.05) is 5.92 Å². The normalized spacial score (nSPS) is 12.5. The first-order valence-corrected chi connectivity index (χ1v) is 5.99. The van der Waals surface area contributed by atoms with E-state index in [9.17, 15) is 0 Å². The van der Waals surface area contributed by atoms with Crippen molar-refractivity contribution in [3.63, 3.8) is 0 Å². The quantitative estimate of drug-likeness (QED) is 0.607. The largest absolute Gasteiger partial charge is 0.493 e. The molecule has 3 nitrogen and oxygen atoms in total. The number of nitrogens with two attached hydrogens (primary N) is 1. The molecular weight excluding hydrogens is 212 g/mol. The highest BCUT2D eigenvalue weighted by Crippen LogP contribution is 2.24.